The number of methoxy groups -OCH3 is 1. The number of aliphatic hydroxyl groups is 1. The zero-order valence-corrected chi connectivity index (χ0v) is 19.7. The summed E-state index contributed by atoms with van der Waals surface area (Å²) in [4.78, 5) is 26.8. The molecule has 4 heterocycles. The van der Waals surface area contributed by atoms with Gasteiger partial charge in [0.05, 0.1) is 19.9 Å². The second kappa shape index (κ2) is 9.60. The second-order valence-corrected chi connectivity index (χ2v) is 10.1. The van der Waals surface area contributed by atoms with Crippen molar-refractivity contribution in [3.63, 3.8) is 0 Å². The third kappa shape index (κ3) is 5.02. The number of carbonyl (C=O) groups excluding carboxylic acids is 1. The number of fused-ring (bicyclic) bond motifs is 2. The predicted octanol–water partition coefficient (Wildman–Crippen LogP) is 1.23. The lowest BCUT2D eigenvalue weighted by Gasteiger charge is -2.50. The summed E-state index contributed by atoms with van der Waals surface area (Å²) in [6.07, 6.45) is 9.18. The van der Waals surface area contributed by atoms with Gasteiger partial charge in [0, 0.05) is 50.1 Å². The number of aromatic nitrogens is 2. The minimum absolute atomic E-state index is 0.0144. The van der Waals surface area contributed by atoms with Crippen molar-refractivity contribution in [3.8, 4) is 5.88 Å². The maximum absolute atomic E-state index is 13.0. The topological polar surface area (TPSA) is 115 Å². The van der Waals surface area contributed by atoms with Crippen molar-refractivity contribution < 1.29 is 14.6 Å². The molecule has 0 aromatic carbocycles. The number of piperidine rings is 2. The molecule has 3 aliphatic heterocycles. The van der Waals surface area contributed by atoms with Gasteiger partial charge in [0.1, 0.15) is 5.82 Å². The Morgan fingerprint density at radius 3 is 2.61 bits per heavy atom. The number of hydrogen-bond acceptors (Lipinski definition) is 9. The first-order chi connectivity index (χ1) is 16.0. The van der Waals surface area contributed by atoms with Gasteiger partial charge in [-0.25, -0.2) is 5.43 Å². The maximum Gasteiger partial charge on any atom is 0.230 e. The number of anilines is 2. The van der Waals surface area contributed by atoms with Crippen LogP contribution in [0.3, 0.4) is 0 Å². The Hall–Kier alpha value is -2.17. The number of aliphatic hydroxyl groups excluding tert-OH is 1. The third-order valence-electron chi connectivity index (χ3n) is 7.69. The highest BCUT2D eigenvalue weighted by Gasteiger charge is 2.43. The van der Waals surface area contributed by atoms with Gasteiger partial charge in [0.25, 0.3) is 0 Å². The van der Waals surface area contributed by atoms with E-state index in [0.29, 0.717) is 41.6 Å². The van der Waals surface area contributed by atoms with Crippen LogP contribution in [0.1, 0.15) is 57.8 Å². The summed E-state index contributed by atoms with van der Waals surface area (Å²) >= 11 is 0. The molecule has 5 atom stereocenters. The normalized spacial score (nSPS) is 31.4. The summed E-state index contributed by atoms with van der Waals surface area (Å²) in [5.74, 6) is 2.82. The molecule has 2 bridgehead atoms. The van der Waals surface area contributed by atoms with Gasteiger partial charge < -0.3 is 25.0 Å². The summed E-state index contributed by atoms with van der Waals surface area (Å²) in [5, 5.41) is 12.7. The summed E-state index contributed by atoms with van der Waals surface area (Å²) in [6.45, 7) is 0.0798. The fourth-order valence-electron chi connectivity index (χ4n) is 5.68. The van der Waals surface area contributed by atoms with Crippen LogP contribution in [-0.4, -0.2) is 77.0 Å². The number of hydrogen-bond donors (Lipinski definition) is 4. The van der Waals surface area contributed by atoms with E-state index < -0.39 is 0 Å². The largest absolute Gasteiger partial charge is 0.481 e. The zero-order valence-electron chi connectivity index (χ0n) is 19.7. The minimum atomic E-state index is -0.0417. The Balaban J connectivity index is 1.28. The molecule has 3 saturated heterocycles. The first-order valence-corrected chi connectivity index (χ1v) is 12.4. The SMILES string of the molecule is COc1cc(NC2CC(CO)NN2)nc(N(C)C2C[C@H]3CCC[C@@H](C2)N3C(=O)CC2CC2)n1. The van der Waals surface area contributed by atoms with E-state index in [9.17, 15) is 9.90 Å². The maximum atomic E-state index is 13.0. The highest BCUT2D eigenvalue weighted by atomic mass is 16.5. The molecule has 1 amide bonds. The fourth-order valence-corrected chi connectivity index (χ4v) is 5.68. The Morgan fingerprint density at radius 2 is 1.97 bits per heavy atom. The summed E-state index contributed by atoms with van der Waals surface area (Å²) < 4.78 is 5.46. The van der Waals surface area contributed by atoms with Gasteiger partial charge in [0.15, 0.2) is 0 Å². The number of ether oxygens (including phenoxy) is 1. The van der Waals surface area contributed by atoms with Gasteiger partial charge in [0.2, 0.25) is 17.7 Å². The van der Waals surface area contributed by atoms with Crippen LogP contribution < -0.4 is 25.8 Å². The quantitative estimate of drug-likeness (QED) is 0.456. The minimum Gasteiger partial charge on any atom is -0.481 e. The van der Waals surface area contributed by atoms with E-state index in [2.05, 4.69) is 38.0 Å². The predicted molar refractivity (Wildman–Crippen MR) is 125 cm³/mol. The molecule has 1 aliphatic carbocycles. The van der Waals surface area contributed by atoms with Crippen LogP contribution in [0, 0.1) is 5.92 Å². The Kier molecular flexibility index (Phi) is 6.58. The van der Waals surface area contributed by atoms with Crippen molar-refractivity contribution in [1.29, 1.82) is 0 Å². The Bertz CT molecular complexity index is 837. The van der Waals surface area contributed by atoms with Crippen molar-refractivity contribution >= 4 is 17.7 Å². The van der Waals surface area contributed by atoms with Crippen LogP contribution in [0.5, 0.6) is 5.88 Å². The molecule has 3 unspecified atom stereocenters. The third-order valence-corrected chi connectivity index (χ3v) is 7.69. The molecule has 5 rings (SSSR count). The Morgan fingerprint density at radius 1 is 1.21 bits per heavy atom. The van der Waals surface area contributed by atoms with Crippen LogP contribution in [0.15, 0.2) is 6.07 Å². The molecular weight excluding hydrogens is 422 g/mol. The number of nitrogens with one attached hydrogen (secondary N) is 3. The first kappa shape index (κ1) is 22.6. The number of hydrazine groups is 1. The fraction of sp³-hybridized carbons (Fsp3) is 0.783. The number of nitrogens with zero attached hydrogens (tertiary/aromatic N) is 4. The monoisotopic (exact) mass is 459 g/mol. The molecule has 0 radical (unpaired) electrons. The molecule has 1 aromatic heterocycles. The number of rotatable bonds is 8. The van der Waals surface area contributed by atoms with Crippen molar-refractivity contribution in [2.75, 3.05) is 31.0 Å². The average Bonchev–Trinajstić information content (AvgIpc) is 3.52. The van der Waals surface area contributed by atoms with E-state index in [1.165, 1.54) is 19.3 Å². The van der Waals surface area contributed by atoms with Crippen molar-refractivity contribution in [3.05, 3.63) is 6.07 Å². The van der Waals surface area contributed by atoms with Gasteiger partial charge in [-0.15, -0.1) is 0 Å². The Labute approximate surface area is 195 Å². The zero-order chi connectivity index (χ0) is 22.9. The highest BCUT2D eigenvalue weighted by molar-refractivity contribution is 5.77. The molecule has 4 fully saturated rings. The van der Waals surface area contributed by atoms with Crippen LogP contribution in [0.25, 0.3) is 0 Å². The molecule has 4 N–H and O–H groups in total. The molecule has 1 aromatic rings. The van der Waals surface area contributed by atoms with E-state index in [1.807, 2.05) is 0 Å². The van der Waals surface area contributed by atoms with Crippen LogP contribution in [0.2, 0.25) is 0 Å². The average molecular weight is 460 g/mol. The van der Waals surface area contributed by atoms with Crippen molar-refractivity contribution in [1.82, 2.24) is 25.7 Å². The smallest absolute Gasteiger partial charge is 0.230 e. The van der Waals surface area contributed by atoms with Gasteiger partial charge >= 0.3 is 0 Å². The van der Waals surface area contributed by atoms with Gasteiger partial charge in [-0.2, -0.15) is 9.97 Å². The van der Waals surface area contributed by atoms with Crippen LogP contribution >= 0.6 is 0 Å². The summed E-state index contributed by atoms with van der Waals surface area (Å²) in [5.41, 5.74) is 6.21. The van der Waals surface area contributed by atoms with Crippen LogP contribution in [-0.2, 0) is 4.79 Å². The lowest BCUT2D eigenvalue weighted by molar-refractivity contribution is -0.141. The van der Waals surface area contributed by atoms with Crippen molar-refractivity contribution in [2.45, 2.75) is 88.1 Å². The summed E-state index contributed by atoms with van der Waals surface area (Å²) in [6, 6.07) is 2.74. The first-order valence-electron chi connectivity index (χ1n) is 12.4. The van der Waals surface area contributed by atoms with E-state index >= 15 is 0 Å². The standard InChI is InChI=1S/C23H37N7O3/c1-29(18-10-16-4-3-5-17(11-18)30(16)22(32)8-14-6-7-14)23-25-19(12-21(26-23)33-2)24-20-9-15(13-31)27-28-20/h12,14-18,20,27-28,31H,3-11,13H2,1-2H3,(H,24,25,26)/t15?,16-,17+,18?,20?. The number of amides is 1. The lowest BCUT2D eigenvalue weighted by atomic mass is 9.81. The molecule has 10 heteroatoms. The highest BCUT2D eigenvalue weighted by Crippen LogP contribution is 2.40. The van der Waals surface area contributed by atoms with E-state index in [-0.39, 0.29) is 24.9 Å². The van der Waals surface area contributed by atoms with E-state index in [1.54, 1.807) is 13.2 Å². The van der Waals surface area contributed by atoms with Crippen molar-refractivity contribution in [2.24, 2.45) is 5.92 Å². The molecule has 4 aliphatic rings. The molecule has 10 nitrogen and oxygen atoms in total. The van der Waals surface area contributed by atoms with Gasteiger partial charge in [-0.1, -0.05) is 0 Å². The van der Waals surface area contributed by atoms with Gasteiger partial charge in [-0.05, 0) is 50.9 Å². The summed E-state index contributed by atoms with van der Waals surface area (Å²) in [7, 11) is 3.67. The van der Waals surface area contributed by atoms with Gasteiger partial charge in [-0.3, -0.25) is 10.2 Å². The molecule has 33 heavy (non-hydrogen) atoms. The van der Waals surface area contributed by atoms with E-state index in [4.69, 9.17) is 9.72 Å². The number of carbonyl (C=O) groups is 1. The molecular formula is C23H37N7O3. The molecule has 1 saturated carbocycles. The molecule has 0 spiro atoms. The van der Waals surface area contributed by atoms with Crippen LogP contribution in [0.4, 0.5) is 11.8 Å². The second-order valence-electron chi connectivity index (χ2n) is 10.1. The lowest BCUT2D eigenvalue weighted by Crippen LogP contribution is -2.58. The van der Waals surface area contributed by atoms with E-state index in [0.717, 1.165) is 38.5 Å². The molecule has 182 valence electrons.